The number of amides is 1. The van der Waals surface area contributed by atoms with Crippen molar-refractivity contribution in [3.8, 4) is 11.5 Å². The van der Waals surface area contributed by atoms with Crippen LogP contribution in [-0.2, 0) is 20.9 Å². The Morgan fingerprint density at radius 1 is 1.42 bits per heavy atom. The van der Waals surface area contributed by atoms with Gasteiger partial charge < -0.3 is 14.5 Å². The van der Waals surface area contributed by atoms with Crippen LogP contribution in [0.1, 0.15) is 17.9 Å². The number of esters is 1. The molecule has 1 N–H and O–H groups in total. The molecule has 2 aromatic rings. The Morgan fingerprint density at radius 2 is 2.15 bits per heavy atom. The predicted molar refractivity (Wildman–Crippen MR) is 95.5 cm³/mol. The van der Waals surface area contributed by atoms with Crippen LogP contribution in [0.4, 0.5) is 0 Å². The third kappa shape index (κ3) is 4.05. The largest absolute Gasteiger partial charge is 0.469 e. The molecule has 0 aliphatic carbocycles. The number of rotatable bonds is 5. The van der Waals surface area contributed by atoms with Crippen molar-refractivity contribution in [3.05, 3.63) is 40.7 Å². The van der Waals surface area contributed by atoms with E-state index in [0.717, 1.165) is 11.3 Å². The van der Waals surface area contributed by atoms with Crippen molar-refractivity contribution in [2.75, 3.05) is 20.2 Å². The summed E-state index contributed by atoms with van der Waals surface area (Å²) < 4.78 is 10.5. The van der Waals surface area contributed by atoms with Gasteiger partial charge >= 0.3 is 5.97 Å². The normalized spacial score (nSPS) is 17.8. The molecular formula is C18H20ClN3O4. The van der Waals surface area contributed by atoms with E-state index in [1.165, 1.54) is 7.11 Å². The first-order valence-electron chi connectivity index (χ1n) is 8.28. The second kappa shape index (κ2) is 7.88. The van der Waals surface area contributed by atoms with E-state index in [4.69, 9.17) is 20.8 Å². The first kappa shape index (κ1) is 18.4. The second-order valence-corrected chi connectivity index (χ2v) is 6.52. The SMILES string of the molecule is COC(=O)C[C@@H]1C(=O)NCCN1Cc1nc(-c2ccc(Cl)cc2)oc1C. The van der Waals surface area contributed by atoms with Gasteiger partial charge in [0.15, 0.2) is 0 Å². The van der Waals surface area contributed by atoms with Crippen molar-refractivity contribution >= 4 is 23.5 Å². The summed E-state index contributed by atoms with van der Waals surface area (Å²) in [7, 11) is 1.31. The Morgan fingerprint density at radius 3 is 2.85 bits per heavy atom. The zero-order chi connectivity index (χ0) is 18.7. The fourth-order valence-electron chi connectivity index (χ4n) is 2.90. The molecule has 1 aliphatic heterocycles. The van der Waals surface area contributed by atoms with Gasteiger partial charge in [0.05, 0.1) is 19.2 Å². The number of aromatic nitrogens is 1. The number of halogens is 1. The molecule has 7 nitrogen and oxygen atoms in total. The van der Waals surface area contributed by atoms with Crippen molar-refractivity contribution in [2.45, 2.75) is 25.9 Å². The van der Waals surface area contributed by atoms with E-state index in [9.17, 15) is 9.59 Å². The highest BCUT2D eigenvalue weighted by atomic mass is 35.5. The third-order valence-corrected chi connectivity index (χ3v) is 4.62. The van der Waals surface area contributed by atoms with E-state index in [0.29, 0.717) is 36.3 Å². The highest BCUT2D eigenvalue weighted by Gasteiger charge is 2.33. The van der Waals surface area contributed by atoms with Crippen molar-refractivity contribution < 1.29 is 18.7 Å². The molecule has 0 radical (unpaired) electrons. The number of carbonyl (C=O) groups is 2. The average Bonchev–Trinajstić information content (AvgIpc) is 2.99. The van der Waals surface area contributed by atoms with Crippen LogP contribution in [0, 0.1) is 6.92 Å². The number of nitrogens with zero attached hydrogens (tertiary/aromatic N) is 2. The standard InChI is InChI=1S/C18H20ClN3O4/c1-11-14(21-18(26-11)12-3-5-13(19)6-4-12)10-22-8-7-20-17(24)15(22)9-16(23)25-2/h3-6,15H,7-10H2,1-2H3,(H,20,24)/t15-/m1/s1. The third-order valence-electron chi connectivity index (χ3n) is 4.37. The molecule has 2 heterocycles. The number of hydrogen-bond donors (Lipinski definition) is 1. The Kier molecular flexibility index (Phi) is 5.58. The number of hydrogen-bond acceptors (Lipinski definition) is 6. The molecule has 0 saturated carbocycles. The fraction of sp³-hybridized carbons (Fsp3) is 0.389. The molecule has 138 valence electrons. The summed E-state index contributed by atoms with van der Waals surface area (Å²) in [5.74, 6) is 0.578. The smallest absolute Gasteiger partial charge is 0.307 e. The van der Waals surface area contributed by atoms with Crippen LogP contribution in [0.3, 0.4) is 0 Å². The number of aryl methyl sites for hydroxylation is 1. The van der Waals surface area contributed by atoms with E-state index in [2.05, 4.69) is 10.3 Å². The summed E-state index contributed by atoms with van der Waals surface area (Å²) in [5.41, 5.74) is 1.56. The van der Waals surface area contributed by atoms with Gasteiger partial charge in [-0.3, -0.25) is 14.5 Å². The van der Waals surface area contributed by atoms with Crippen LogP contribution < -0.4 is 5.32 Å². The lowest BCUT2D eigenvalue weighted by atomic mass is 10.1. The topological polar surface area (TPSA) is 84.7 Å². The van der Waals surface area contributed by atoms with Crippen LogP contribution in [0.5, 0.6) is 0 Å². The van der Waals surface area contributed by atoms with Gasteiger partial charge in [0.1, 0.15) is 11.8 Å². The quantitative estimate of drug-likeness (QED) is 0.804. The van der Waals surface area contributed by atoms with Crippen molar-refractivity contribution in [1.29, 1.82) is 0 Å². The van der Waals surface area contributed by atoms with Gasteiger partial charge in [0.25, 0.3) is 0 Å². The van der Waals surface area contributed by atoms with E-state index >= 15 is 0 Å². The average molecular weight is 378 g/mol. The molecule has 1 atom stereocenters. The molecule has 8 heteroatoms. The monoisotopic (exact) mass is 377 g/mol. The molecule has 1 amide bonds. The Hall–Kier alpha value is -2.38. The molecule has 0 bridgehead atoms. The number of carbonyl (C=O) groups excluding carboxylic acids is 2. The first-order valence-corrected chi connectivity index (χ1v) is 8.66. The molecule has 0 unspecified atom stereocenters. The summed E-state index contributed by atoms with van der Waals surface area (Å²) in [6.07, 6.45) is 0.00325. The lowest BCUT2D eigenvalue weighted by Crippen LogP contribution is -2.55. The van der Waals surface area contributed by atoms with Gasteiger partial charge in [-0.15, -0.1) is 0 Å². The molecule has 0 spiro atoms. The number of methoxy groups -OCH3 is 1. The van der Waals surface area contributed by atoms with Crippen LogP contribution in [0.25, 0.3) is 11.5 Å². The van der Waals surface area contributed by atoms with E-state index < -0.39 is 12.0 Å². The van der Waals surface area contributed by atoms with Crippen LogP contribution in [0.15, 0.2) is 28.7 Å². The number of ether oxygens (including phenoxy) is 1. The Bertz CT molecular complexity index is 803. The molecule has 26 heavy (non-hydrogen) atoms. The number of oxazole rings is 1. The van der Waals surface area contributed by atoms with E-state index in [-0.39, 0.29) is 12.3 Å². The number of nitrogens with one attached hydrogen (secondary N) is 1. The predicted octanol–water partition coefficient (Wildman–Crippen LogP) is 2.17. The molecule has 1 aromatic heterocycles. The van der Waals surface area contributed by atoms with E-state index in [1.54, 1.807) is 12.1 Å². The first-order chi connectivity index (χ1) is 12.5. The maximum absolute atomic E-state index is 12.2. The Labute approximate surface area is 156 Å². The van der Waals surface area contributed by atoms with Gasteiger partial charge in [-0.1, -0.05) is 11.6 Å². The molecule has 1 aromatic carbocycles. The summed E-state index contributed by atoms with van der Waals surface area (Å²) in [6.45, 7) is 3.40. The lowest BCUT2D eigenvalue weighted by Gasteiger charge is -2.33. The molecular weight excluding hydrogens is 358 g/mol. The molecule has 1 fully saturated rings. The van der Waals surface area contributed by atoms with E-state index in [1.807, 2.05) is 24.0 Å². The highest BCUT2D eigenvalue weighted by molar-refractivity contribution is 6.30. The van der Waals surface area contributed by atoms with Crippen molar-refractivity contribution in [2.24, 2.45) is 0 Å². The van der Waals surface area contributed by atoms with Gasteiger partial charge in [0, 0.05) is 30.2 Å². The van der Waals surface area contributed by atoms with Crippen molar-refractivity contribution in [3.63, 3.8) is 0 Å². The zero-order valence-corrected chi connectivity index (χ0v) is 15.4. The second-order valence-electron chi connectivity index (χ2n) is 6.09. The molecule has 1 saturated heterocycles. The van der Waals surface area contributed by atoms with Gasteiger partial charge in [0.2, 0.25) is 11.8 Å². The summed E-state index contributed by atoms with van der Waals surface area (Å²) >= 11 is 5.91. The number of benzene rings is 1. The Balaban J connectivity index is 1.79. The van der Waals surface area contributed by atoms with Gasteiger partial charge in [-0.05, 0) is 31.2 Å². The maximum atomic E-state index is 12.2. The minimum atomic E-state index is -0.578. The number of piperazine rings is 1. The summed E-state index contributed by atoms with van der Waals surface area (Å²) in [5, 5.41) is 3.42. The molecule has 3 rings (SSSR count). The van der Waals surface area contributed by atoms with Crippen molar-refractivity contribution in [1.82, 2.24) is 15.2 Å². The zero-order valence-electron chi connectivity index (χ0n) is 14.6. The summed E-state index contributed by atoms with van der Waals surface area (Å²) in [4.78, 5) is 30.3. The van der Waals surface area contributed by atoms with Crippen LogP contribution in [0.2, 0.25) is 5.02 Å². The molecule has 1 aliphatic rings. The maximum Gasteiger partial charge on any atom is 0.307 e. The van der Waals surface area contributed by atoms with Crippen LogP contribution >= 0.6 is 11.6 Å². The van der Waals surface area contributed by atoms with Gasteiger partial charge in [-0.25, -0.2) is 4.98 Å². The lowest BCUT2D eigenvalue weighted by molar-refractivity contribution is -0.146. The van der Waals surface area contributed by atoms with Gasteiger partial charge in [-0.2, -0.15) is 0 Å². The fourth-order valence-corrected chi connectivity index (χ4v) is 3.02. The minimum Gasteiger partial charge on any atom is -0.469 e. The van der Waals surface area contributed by atoms with Crippen LogP contribution in [-0.4, -0.2) is 48.0 Å². The minimum absolute atomic E-state index is 0.00325. The highest BCUT2D eigenvalue weighted by Crippen LogP contribution is 2.25. The summed E-state index contributed by atoms with van der Waals surface area (Å²) in [6, 6.07) is 6.65.